The molecule has 0 fully saturated rings. The van der Waals surface area contributed by atoms with Crippen molar-refractivity contribution in [3.63, 3.8) is 0 Å². The Balaban J connectivity index is 1.74. The van der Waals surface area contributed by atoms with Gasteiger partial charge in [0.25, 0.3) is 0 Å². The Morgan fingerprint density at radius 3 is 1.67 bits per heavy atom. The molecule has 4 aromatic carbocycles. The standard InChI is InChI=1S/C33H28N2O4P2S/c1-2-39-32(36)30(40(37,25-15-7-3-8-16-25)26-17-9-4-10-18-26)29-31(35-23-24-42-33(35)34-29)41(38,27-19-11-5-12-20-27)28-21-13-6-14-22-28/h3-24,30H,2H2,1H3/t30-/m1/s1. The first-order chi connectivity index (χ1) is 20.5. The minimum atomic E-state index is -3.82. The summed E-state index contributed by atoms with van der Waals surface area (Å²) < 4.78 is 39.0. The number of nitrogens with zero attached hydrogens (tertiary/aromatic N) is 2. The summed E-state index contributed by atoms with van der Waals surface area (Å²) in [5, 5.41) is 4.02. The lowest BCUT2D eigenvalue weighted by molar-refractivity contribution is -0.142. The summed E-state index contributed by atoms with van der Waals surface area (Å²) in [7, 11) is -7.48. The van der Waals surface area contributed by atoms with Crippen molar-refractivity contribution >= 4 is 63.2 Å². The highest BCUT2D eigenvalue weighted by atomic mass is 32.1. The fraction of sp³-hybridized carbons (Fsp3) is 0.0909. The molecule has 210 valence electrons. The number of thiazole rings is 1. The first-order valence-electron chi connectivity index (χ1n) is 13.5. The molecule has 0 bridgehead atoms. The molecule has 0 aliphatic heterocycles. The van der Waals surface area contributed by atoms with Gasteiger partial charge >= 0.3 is 5.97 Å². The maximum Gasteiger partial charge on any atom is 0.323 e. The normalized spacial score (nSPS) is 12.7. The Hall–Kier alpha value is -4.02. The smallest absolute Gasteiger partial charge is 0.323 e. The monoisotopic (exact) mass is 610 g/mol. The quantitative estimate of drug-likeness (QED) is 0.156. The SMILES string of the molecule is CCOC(=O)[C@@H](c1nc2sccn2c1P(=O)(c1ccccc1)c1ccccc1)P(=O)(c1ccccc1)c1ccccc1. The predicted octanol–water partition coefficient (Wildman–Crippen LogP) is 5.65. The fourth-order valence-corrected chi connectivity index (χ4v) is 12.2. The van der Waals surface area contributed by atoms with Gasteiger partial charge in [-0.1, -0.05) is 121 Å². The van der Waals surface area contributed by atoms with E-state index in [1.54, 1.807) is 59.9 Å². The molecule has 0 aliphatic carbocycles. The van der Waals surface area contributed by atoms with Crippen molar-refractivity contribution in [3.05, 3.63) is 139 Å². The maximum absolute atomic E-state index is 15.8. The molecule has 0 unspecified atom stereocenters. The molecule has 0 spiro atoms. The lowest BCUT2D eigenvalue weighted by Gasteiger charge is -2.28. The van der Waals surface area contributed by atoms with Crippen LogP contribution < -0.4 is 26.7 Å². The predicted molar refractivity (Wildman–Crippen MR) is 172 cm³/mol. The minimum Gasteiger partial charge on any atom is -0.465 e. The zero-order valence-corrected chi connectivity index (χ0v) is 25.4. The largest absolute Gasteiger partial charge is 0.465 e. The molecule has 1 atom stereocenters. The van der Waals surface area contributed by atoms with Crippen molar-refractivity contribution in [2.24, 2.45) is 0 Å². The van der Waals surface area contributed by atoms with E-state index in [1.807, 2.05) is 84.4 Å². The van der Waals surface area contributed by atoms with Gasteiger partial charge in [-0.2, -0.15) is 0 Å². The van der Waals surface area contributed by atoms with Gasteiger partial charge in [-0.15, -0.1) is 11.3 Å². The van der Waals surface area contributed by atoms with E-state index in [9.17, 15) is 4.79 Å². The highest BCUT2D eigenvalue weighted by Gasteiger charge is 2.49. The molecule has 0 aliphatic rings. The summed E-state index contributed by atoms with van der Waals surface area (Å²) in [6.45, 7) is 1.81. The summed E-state index contributed by atoms with van der Waals surface area (Å²) in [5.74, 6) is -0.673. The summed E-state index contributed by atoms with van der Waals surface area (Å²) in [6.07, 6.45) is 1.81. The van der Waals surface area contributed by atoms with Crippen molar-refractivity contribution in [1.29, 1.82) is 0 Å². The van der Waals surface area contributed by atoms with Crippen LogP contribution in [-0.4, -0.2) is 22.0 Å². The van der Waals surface area contributed by atoms with Gasteiger partial charge in [-0.05, 0) is 6.92 Å². The molecule has 0 N–H and O–H groups in total. The van der Waals surface area contributed by atoms with Crippen LogP contribution in [0.4, 0.5) is 0 Å². The van der Waals surface area contributed by atoms with E-state index in [4.69, 9.17) is 9.72 Å². The van der Waals surface area contributed by atoms with Gasteiger partial charge in [0.2, 0.25) is 0 Å². The van der Waals surface area contributed by atoms with Crippen LogP contribution in [0.2, 0.25) is 0 Å². The molecule has 0 saturated heterocycles. The van der Waals surface area contributed by atoms with Gasteiger partial charge < -0.3 is 13.9 Å². The van der Waals surface area contributed by atoms with Crippen molar-refractivity contribution in [2.75, 3.05) is 6.61 Å². The second-order valence-electron chi connectivity index (χ2n) is 9.64. The van der Waals surface area contributed by atoms with Crippen LogP contribution in [0.5, 0.6) is 0 Å². The topological polar surface area (TPSA) is 77.7 Å². The second kappa shape index (κ2) is 11.7. The molecule has 42 heavy (non-hydrogen) atoms. The van der Waals surface area contributed by atoms with Crippen LogP contribution in [0.15, 0.2) is 133 Å². The van der Waals surface area contributed by atoms with Gasteiger partial charge in [-0.25, -0.2) is 4.98 Å². The van der Waals surface area contributed by atoms with Crippen LogP contribution >= 0.6 is 25.6 Å². The Morgan fingerprint density at radius 2 is 1.21 bits per heavy atom. The van der Waals surface area contributed by atoms with Crippen LogP contribution in [-0.2, 0) is 18.7 Å². The number of carbonyl (C=O) groups is 1. The summed E-state index contributed by atoms with van der Waals surface area (Å²) >= 11 is 1.36. The van der Waals surface area contributed by atoms with E-state index in [-0.39, 0.29) is 12.3 Å². The summed E-state index contributed by atoms with van der Waals surface area (Å²) in [4.78, 5) is 19.7. The molecule has 6 nitrogen and oxygen atoms in total. The van der Waals surface area contributed by atoms with Gasteiger partial charge in [0.05, 0.1) is 12.3 Å². The van der Waals surface area contributed by atoms with E-state index < -0.39 is 25.9 Å². The molecular formula is C33H28N2O4P2S. The van der Waals surface area contributed by atoms with Gasteiger partial charge in [0.15, 0.2) is 24.9 Å². The van der Waals surface area contributed by atoms with Gasteiger partial charge in [-0.3, -0.25) is 9.20 Å². The second-order valence-corrected chi connectivity index (χ2v) is 16.1. The number of benzene rings is 4. The molecule has 6 aromatic rings. The number of fused-ring (bicyclic) bond motifs is 1. The first-order valence-corrected chi connectivity index (χ1v) is 17.9. The number of esters is 1. The fourth-order valence-electron chi connectivity index (χ4n) is 5.36. The van der Waals surface area contributed by atoms with Crippen molar-refractivity contribution in [3.8, 4) is 0 Å². The average molecular weight is 611 g/mol. The number of carbonyl (C=O) groups excluding carboxylic acids is 1. The lowest BCUT2D eigenvalue weighted by atomic mass is 10.3. The first kappa shape index (κ1) is 28.1. The molecule has 2 aromatic heterocycles. The Labute approximate surface area is 248 Å². The summed E-state index contributed by atoms with van der Waals surface area (Å²) in [6, 6.07) is 36.4. The molecule has 0 radical (unpaired) electrons. The molecule has 0 amide bonds. The third-order valence-corrected chi connectivity index (χ3v) is 14.4. The number of hydrogen-bond donors (Lipinski definition) is 0. The van der Waals surface area contributed by atoms with Gasteiger partial charge in [0.1, 0.15) is 5.44 Å². The van der Waals surface area contributed by atoms with Crippen molar-refractivity contribution < 1.29 is 18.7 Å². The van der Waals surface area contributed by atoms with E-state index >= 15 is 9.13 Å². The van der Waals surface area contributed by atoms with Crippen molar-refractivity contribution in [2.45, 2.75) is 12.6 Å². The van der Waals surface area contributed by atoms with E-state index in [1.165, 1.54) is 11.3 Å². The number of hydrogen-bond acceptors (Lipinski definition) is 6. The van der Waals surface area contributed by atoms with Crippen LogP contribution in [0.1, 0.15) is 18.3 Å². The lowest BCUT2D eigenvalue weighted by Crippen LogP contribution is -2.35. The molecular weight excluding hydrogens is 582 g/mol. The van der Waals surface area contributed by atoms with Gasteiger partial charge in [0, 0.05) is 32.8 Å². The summed E-state index contributed by atoms with van der Waals surface area (Å²) in [5.41, 5.74) is -0.793. The van der Waals surface area contributed by atoms with Crippen LogP contribution in [0.3, 0.4) is 0 Å². The molecule has 0 saturated carbocycles. The third kappa shape index (κ3) is 4.68. The molecule has 6 rings (SSSR count). The highest BCUT2D eigenvalue weighted by Crippen LogP contribution is 2.59. The zero-order chi connectivity index (χ0) is 29.2. The number of rotatable bonds is 9. The molecule has 9 heteroatoms. The number of ether oxygens (including phenoxy) is 1. The Bertz CT molecular complexity index is 1840. The third-order valence-electron chi connectivity index (χ3n) is 7.21. The average Bonchev–Trinajstić information content (AvgIpc) is 3.64. The number of imidazole rings is 1. The van der Waals surface area contributed by atoms with E-state index in [2.05, 4.69) is 0 Å². The van der Waals surface area contributed by atoms with E-state index in [0.29, 0.717) is 31.6 Å². The Morgan fingerprint density at radius 1 is 0.762 bits per heavy atom. The van der Waals surface area contributed by atoms with Crippen LogP contribution in [0, 0.1) is 0 Å². The zero-order valence-electron chi connectivity index (χ0n) is 22.8. The maximum atomic E-state index is 15.8. The van der Waals surface area contributed by atoms with Crippen molar-refractivity contribution in [1.82, 2.24) is 9.38 Å². The number of aromatic nitrogens is 2. The molecule has 2 heterocycles. The Kier molecular flexibility index (Phi) is 7.83. The minimum absolute atomic E-state index is 0.0888. The van der Waals surface area contributed by atoms with E-state index in [0.717, 1.165) is 0 Å². The van der Waals surface area contributed by atoms with Crippen LogP contribution in [0.25, 0.3) is 4.96 Å². The highest BCUT2D eigenvalue weighted by molar-refractivity contribution is 7.85.